The standard InChI is InChI=1S/C11H18ClFN5O13P3/c12-1-5(3-28-33(24,25)31-34(26,27)30-32(21,22)23)29-10(6(13)2-19)18-4-15-7-8(18)16-11(14)17-9(7)20/h4-6,10,19H,1-3H2,(H,24,25)(H,26,27)(H2,21,22,23)(H3,14,16,17,20). The number of nitrogens with two attached hydrogens (primary N) is 1. The monoisotopic (exact) mass is 575 g/mol. The molecular weight excluding hydrogens is 558 g/mol. The van der Waals surface area contributed by atoms with Crippen LogP contribution in [0.4, 0.5) is 10.3 Å². The predicted molar refractivity (Wildman–Crippen MR) is 109 cm³/mol. The Labute approximate surface area is 192 Å². The number of nitrogen functional groups attached to an aromatic ring is 1. The third kappa shape index (κ3) is 8.13. The molecule has 5 atom stereocenters. The van der Waals surface area contributed by atoms with Gasteiger partial charge >= 0.3 is 23.5 Å². The van der Waals surface area contributed by atoms with Gasteiger partial charge in [-0.05, 0) is 0 Å². The van der Waals surface area contributed by atoms with Crippen molar-refractivity contribution in [2.24, 2.45) is 0 Å². The molecule has 0 amide bonds. The third-order valence-electron chi connectivity index (χ3n) is 3.55. The van der Waals surface area contributed by atoms with Gasteiger partial charge in [-0.15, -0.1) is 11.6 Å². The first kappa shape index (κ1) is 28.9. The van der Waals surface area contributed by atoms with Gasteiger partial charge in [-0.3, -0.25) is 18.9 Å². The van der Waals surface area contributed by atoms with Gasteiger partial charge in [0.25, 0.3) is 5.56 Å². The molecule has 0 aliphatic carbocycles. The number of aromatic amines is 1. The topological polar surface area (TPSA) is 279 Å². The van der Waals surface area contributed by atoms with E-state index >= 15 is 0 Å². The highest BCUT2D eigenvalue weighted by Gasteiger charge is 2.41. The number of aliphatic hydroxyl groups excluding tert-OH is 1. The minimum Gasteiger partial charge on any atom is -0.393 e. The van der Waals surface area contributed by atoms with Crippen LogP contribution in [0.3, 0.4) is 0 Å². The number of nitrogens with zero attached hydrogens (tertiary/aromatic N) is 3. The largest absolute Gasteiger partial charge is 0.490 e. The van der Waals surface area contributed by atoms with E-state index in [0.717, 1.165) is 10.9 Å². The van der Waals surface area contributed by atoms with Crippen LogP contribution in [0, 0.1) is 0 Å². The maximum absolute atomic E-state index is 14.5. The lowest BCUT2D eigenvalue weighted by Gasteiger charge is -2.27. The number of nitrogens with one attached hydrogen (secondary N) is 1. The predicted octanol–water partition coefficient (Wildman–Crippen LogP) is -0.502. The number of hydrogen-bond donors (Lipinski definition) is 7. The van der Waals surface area contributed by atoms with Crippen molar-refractivity contribution in [3.05, 3.63) is 16.7 Å². The maximum atomic E-state index is 14.5. The molecule has 0 bridgehead atoms. The number of ether oxygens (including phenoxy) is 1. The number of imidazole rings is 1. The summed E-state index contributed by atoms with van der Waals surface area (Å²) < 4.78 is 66.1. The van der Waals surface area contributed by atoms with E-state index in [1.807, 2.05) is 0 Å². The highest BCUT2D eigenvalue weighted by atomic mass is 35.5. The van der Waals surface area contributed by atoms with Crippen molar-refractivity contribution in [1.29, 1.82) is 0 Å². The van der Waals surface area contributed by atoms with Gasteiger partial charge in [0.15, 0.2) is 23.6 Å². The van der Waals surface area contributed by atoms with Crippen LogP contribution in [0.1, 0.15) is 6.23 Å². The van der Waals surface area contributed by atoms with E-state index in [9.17, 15) is 32.9 Å². The second-order valence-electron chi connectivity index (χ2n) is 6.16. The van der Waals surface area contributed by atoms with Crippen molar-refractivity contribution >= 4 is 52.2 Å². The smallest absolute Gasteiger partial charge is 0.393 e. The van der Waals surface area contributed by atoms with Gasteiger partial charge in [-0.1, -0.05) is 0 Å². The van der Waals surface area contributed by atoms with E-state index < -0.39 is 66.6 Å². The van der Waals surface area contributed by atoms with Gasteiger partial charge in [-0.25, -0.2) is 23.1 Å². The molecule has 23 heteroatoms. The Hall–Kier alpha value is -1.30. The number of phosphoric ester groups is 1. The summed E-state index contributed by atoms with van der Waals surface area (Å²) in [5.41, 5.74) is 4.20. The number of anilines is 1. The van der Waals surface area contributed by atoms with Crippen molar-refractivity contribution in [1.82, 2.24) is 19.5 Å². The Morgan fingerprint density at radius 2 is 1.85 bits per heavy atom. The van der Waals surface area contributed by atoms with Gasteiger partial charge in [0.1, 0.15) is 0 Å². The van der Waals surface area contributed by atoms with Crippen LogP contribution >= 0.6 is 35.1 Å². The fourth-order valence-electron chi connectivity index (χ4n) is 2.34. The molecule has 0 aromatic carbocycles. The third-order valence-corrected chi connectivity index (χ3v) is 7.70. The zero-order valence-corrected chi connectivity index (χ0v) is 19.9. The minimum atomic E-state index is -5.76. The fourth-order valence-corrected chi connectivity index (χ4v) is 5.55. The number of alkyl halides is 2. The van der Waals surface area contributed by atoms with Crippen molar-refractivity contribution < 1.29 is 60.6 Å². The van der Waals surface area contributed by atoms with Gasteiger partial charge in [0.05, 0.1) is 31.5 Å². The second-order valence-corrected chi connectivity index (χ2v) is 10.9. The number of hydrogen-bond acceptors (Lipinski definition) is 12. The van der Waals surface area contributed by atoms with Crippen LogP contribution in [-0.2, 0) is 31.6 Å². The molecular formula is C11H18ClFN5O13P3. The molecule has 0 radical (unpaired) electrons. The van der Waals surface area contributed by atoms with Crippen molar-refractivity contribution in [2.45, 2.75) is 18.5 Å². The number of halogens is 2. The molecule has 18 nitrogen and oxygen atoms in total. The number of H-pyrrole nitrogens is 1. The van der Waals surface area contributed by atoms with Crippen LogP contribution in [-0.4, -0.2) is 75.6 Å². The molecule has 2 aromatic rings. The van der Waals surface area contributed by atoms with Crippen molar-refractivity contribution in [3.63, 3.8) is 0 Å². The number of phosphoric acid groups is 3. The van der Waals surface area contributed by atoms with Gasteiger partial charge < -0.3 is 35.2 Å². The first-order valence-corrected chi connectivity index (χ1v) is 13.6. The van der Waals surface area contributed by atoms with Crippen LogP contribution in [0.5, 0.6) is 0 Å². The first-order valence-electron chi connectivity index (χ1n) is 8.54. The Kier molecular flexibility index (Phi) is 9.51. The summed E-state index contributed by atoms with van der Waals surface area (Å²) in [6, 6.07) is 0. The number of rotatable bonds is 13. The average Bonchev–Trinajstić information content (AvgIpc) is 3.08. The summed E-state index contributed by atoms with van der Waals surface area (Å²) in [5, 5.41) is 9.24. The average molecular weight is 576 g/mol. The van der Waals surface area contributed by atoms with Crippen molar-refractivity contribution in [2.75, 3.05) is 24.8 Å². The Balaban J connectivity index is 2.21. The molecule has 34 heavy (non-hydrogen) atoms. The zero-order chi connectivity index (χ0) is 25.9. The number of fused-ring (bicyclic) bond motifs is 1. The highest BCUT2D eigenvalue weighted by Crippen LogP contribution is 2.66. The van der Waals surface area contributed by atoms with Gasteiger partial charge in [-0.2, -0.15) is 13.6 Å². The molecule has 0 aliphatic heterocycles. The van der Waals surface area contributed by atoms with Gasteiger partial charge in [0.2, 0.25) is 5.95 Å². The summed E-state index contributed by atoms with van der Waals surface area (Å²) in [5.74, 6) is -0.897. The number of aromatic nitrogens is 4. The molecule has 0 spiro atoms. The SMILES string of the molecule is Nc1nc2c(ncn2C(OC(CCl)COP(=O)(O)OP(=O)(O)OP(=O)(O)O)C(F)CO)c(=O)[nH]1. The summed E-state index contributed by atoms with van der Waals surface area (Å²) in [4.78, 5) is 57.3. The quantitative estimate of drug-likeness (QED) is 0.117. The fraction of sp³-hybridized carbons (Fsp3) is 0.545. The van der Waals surface area contributed by atoms with Crippen LogP contribution in [0.25, 0.3) is 11.2 Å². The molecule has 0 saturated carbocycles. The molecule has 8 N–H and O–H groups in total. The van der Waals surface area contributed by atoms with E-state index in [1.54, 1.807) is 0 Å². The van der Waals surface area contributed by atoms with E-state index in [4.69, 9.17) is 36.8 Å². The van der Waals surface area contributed by atoms with E-state index in [-0.39, 0.29) is 17.1 Å². The Bertz CT molecular complexity index is 1200. The molecule has 194 valence electrons. The lowest BCUT2D eigenvalue weighted by Crippen LogP contribution is -2.33. The zero-order valence-electron chi connectivity index (χ0n) is 16.4. The van der Waals surface area contributed by atoms with Crippen LogP contribution in [0.15, 0.2) is 11.1 Å². The van der Waals surface area contributed by atoms with E-state index in [2.05, 4.69) is 28.1 Å². The molecule has 5 unspecified atom stereocenters. The maximum Gasteiger partial charge on any atom is 0.490 e. The lowest BCUT2D eigenvalue weighted by molar-refractivity contribution is -0.107. The molecule has 2 aromatic heterocycles. The van der Waals surface area contributed by atoms with Crippen LogP contribution < -0.4 is 11.3 Å². The van der Waals surface area contributed by atoms with Crippen LogP contribution in [0.2, 0.25) is 0 Å². The molecule has 2 rings (SSSR count). The summed E-state index contributed by atoms with van der Waals surface area (Å²) in [7, 11) is -16.9. The molecule has 2 heterocycles. The lowest BCUT2D eigenvalue weighted by atomic mass is 10.3. The molecule has 0 aliphatic rings. The van der Waals surface area contributed by atoms with Crippen molar-refractivity contribution in [3.8, 4) is 0 Å². The second kappa shape index (κ2) is 11.2. The minimum absolute atomic E-state index is 0.247. The molecule has 0 fully saturated rings. The highest BCUT2D eigenvalue weighted by molar-refractivity contribution is 7.66. The normalized spacial score (nSPS) is 18.8. The summed E-state index contributed by atoms with van der Waals surface area (Å²) in [6.45, 7) is -2.11. The van der Waals surface area contributed by atoms with Gasteiger partial charge in [0, 0.05) is 0 Å². The van der Waals surface area contributed by atoms with E-state index in [0.29, 0.717) is 0 Å². The first-order chi connectivity index (χ1) is 15.6. The summed E-state index contributed by atoms with van der Waals surface area (Å²) in [6.07, 6.45) is -4.50. The number of aliphatic hydroxyl groups is 1. The molecule has 0 saturated heterocycles. The Morgan fingerprint density at radius 1 is 1.21 bits per heavy atom. The summed E-state index contributed by atoms with van der Waals surface area (Å²) >= 11 is 5.69. The Morgan fingerprint density at radius 3 is 2.41 bits per heavy atom. The van der Waals surface area contributed by atoms with E-state index in [1.165, 1.54) is 0 Å².